The van der Waals surface area contributed by atoms with Crippen LogP contribution < -0.4 is 5.32 Å². The first kappa shape index (κ1) is 69.1. The molecule has 9 heteroatoms. The van der Waals surface area contributed by atoms with Crippen LogP contribution in [0.3, 0.4) is 0 Å². The monoisotopic (exact) mass is 1040 g/mol. The number of hydrogen-bond donors (Lipinski definition) is 6. The highest BCUT2D eigenvalue weighted by atomic mass is 16.7. The first-order chi connectivity index (χ1) is 36.8. The standard InChI is InChI=1S/C66H107NO8/c1-3-5-7-9-11-13-15-17-19-21-23-24-25-26-27-28-29-30-31-32-33-34-35-36-38-40-42-44-46-48-50-52-54-56-62(70)67-59(58-74-66-65(73)64(72)63(71)61(57-68)75-66)60(69)55-53-51-49-47-45-43-41-39-37-22-20-18-16-14-12-10-8-6-4-2/h5,7,11,13,17,19,23-24,26-27,29-30,32-33,35-36,40,42,45-48,53,55,59-61,63-66,68-69,71-73H,3-4,6,8-10,12,14-16,18,20-22,25,28,31,34,37-39,41,43-44,49-52,54,56-58H2,1-2H3,(H,67,70)/b7-5-,13-11-,19-17-,24-23-,27-26-,30-29-,33-32-,36-35-,42-40-,47-45+,48-46-,55-53+. The number of unbranched alkanes of at least 4 members (excludes halogenated alkanes) is 16. The number of nitrogens with one attached hydrogen (secondary N) is 1. The van der Waals surface area contributed by atoms with Gasteiger partial charge in [-0.1, -0.05) is 237 Å². The van der Waals surface area contributed by atoms with Gasteiger partial charge < -0.3 is 40.3 Å². The molecule has 7 atom stereocenters. The Labute approximate surface area is 457 Å². The van der Waals surface area contributed by atoms with Gasteiger partial charge in [-0.25, -0.2) is 0 Å². The zero-order valence-electron chi connectivity index (χ0n) is 47.0. The topological polar surface area (TPSA) is 149 Å². The van der Waals surface area contributed by atoms with Gasteiger partial charge in [-0.15, -0.1) is 0 Å². The molecule has 0 saturated carbocycles. The quantitative estimate of drug-likeness (QED) is 0.0261. The lowest BCUT2D eigenvalue weighted by Gasteiger charge is -2.40. The molecular weight excluding hydrogens is 935 g/mol. The molecule has 75 heavy (non-hydrogen) atoms. The number of aliphatic hydroxyl groups is 5. The van der Waals surface area contributed by atoms with E-state index in [1.165, 1.54) is 83.5 Å². The molecule has 0 bridgehead atoms. The molecule has 1 saturated heterocycles. The van der Waals surface area contributed by atoms with E-state index in [-0.39, 0.29) is 18.9 Å². The predicted octanol–water partition coefficient (Wildman–Crippen LogP) is 15.1. The molecule has 1 amide bonds. The summed E-state index contributed by atoms with van der Waals surface area (Å²) in [7, 11) is 0. The zero-order valence-corrected chi connectivity index (χ0v) is 47.0. The Balaban J connectivity index is 2.30. The number of ether oxygens (including phenoxy) is 2. The molecule has 0 spiro atoms. The van der Waals surface area contributed by atoms with Gasteiger partial charge in [0.05, 0.1) is 25.4 Å². The smallest absolute Gasteiger partial charge is 0.220 e. The summed E-state index contributed by atoms with van der Waals surface area (Å²) in [6.07, 6.45) is 76.3. The first-order valence-corrected chi connectivity index (χ1v) is 29.6. The van der Waals surface area contributed by atoms with Crippen LogP contribution in [0.1, 0.15) is 206 Å². The summed E-state index contributed by atoms with van der Waals surface area (Å²) in [5, 5.41) is 54.5. The molecule has 0 aromatic rings. The molecule has 9 nitrogen and oxygen atoms in total. The predicted molar refractivity (Wildman–Crippen MR) is 317 cm³/mol. The van der Waals surface area contributed by atoms with E-state index >= 15 is 0 Å². The fourth-order valence-corrected chi connectivity index (χ4v) is 8.26. The number of amides is 1. The summed E-state index contributed by atoms with van der Waals surface area (Å²) >= 11 is 0. The van der Waals surface area contributed by atoms with Gasteiger partial charge in [0.15, 0.2) is 6.29 Å². The lowest BCUT2D eigenvalue weighted by Crippen LogP contribution is -2.60. The average Bonchev–Trinajstić information content (AvgIpc) is 3.41. The minimum atomic E-state index is -1.59. The third-order valence-electron chi connectivity index (χ3n) is 12.9. The Morgan fingerprint density at radius 3 is 1.28 bits per heavy atom. The lowest BCUT2D eigenvalue weighted by molar-refractivity contribution is -0.302. The molecule has 1 heterocycles. The summed E-state index contributed by atoms with van der Waals surface area (Å²) < 4.78 is 11.2. The lowest BCUT2D eigenvalue weighted by atomic mass is 9.99. The maximum Gasteiger partial charge on any atom is 0.220 e. The van der Waals surface area contributed by atoms with E-state index < -0.39 is 49.5 Å². The molecule has 0 aliphatic carbocycles. The maximum atomic E-state index is 13.0. The second-order valence-electron chi connectivity index (χ2n) is 19.7. The third kappa shape index (κ3) is 42.8. The first-order valence-electron chi connectivity index (χ1n) is 29.6. The van der Waals surface area contributed by atoms with Gasteiger partial charge >= 0.3 is 0 Å². The fraction of sp³-hybridized carbons (Fsp3) is 0.621. The molecule has 0 aromatic carbocycles. The molecule has 7 unspecified atom stereocenters. The van der Waals surface area contributed by atoms with Gasteiger partial charge in [0.1, 0.15) is 24.4 Å². The van der Waals surface area contributed by atoms with Crippen LogP contribution in [0, 0.1) is 0 Å². The van der Waals surface area contributed by atoms with Crippen LogP contribution in [-0.2, 0) is 14.3 Å². The number of aliphatic hydroxyl groups excluding tert-OH is 5. The Kier molecular flexibility index (Phi) is 49.2. The molecule has 1 aliphatic rings. The van der Waals surface area contributed by atoms with E-state index in [2.05, 4.69) is 153 Å². The maximum absolute atomic E-state index is 13.0. The molecule has 0 radical (unpaired) electrons. The van der Waals surface area contributed by atoms with Crippen molar-refractivity contribution < 1.29 is 39.8 Å². The average molecular weight is 1040 g/mol. The van der Waals surface area contributed by atoms with Crippen LogP contribution >= 0.6 is 0 Å². The number of carbonyl (C=O) groups excluding carboxylic acids is 1. The number of rotatable bonds is 48. The van der Waals surface area contributed by atoms with E-state index in [0.29, 0.717) is 6.42 Å². The molecule has 6 N–H and O–H groups in total. The van der Waals surface area contributed by atoms with Crippen molar-refractivity contribution in [2.45, 2.75) is 249 Å². The number of carbonyl (C=O) groups is 1. The summed E-state index contributed by atoms with van der Waals surface area (Å²) in [5.41, 5.74) is 0. The van der Waals surface area contributed by atoms with Gasteiger partial charge in [-0.3, -0.25) is 4.79 Å². The Morgan fingerprint density at radius 1 is 0.467 bits per heavy atom. The number of hydrogen-bond acceptors (Lipinski definition) is 8. The van der Waals surface area contributed by atoms with Crippen molar-refractivity contribution in [3.05, 3.63) is 146 Å². The second kappa shape index (κ2) is 53.5. The van der Waals surface area contributed by atoms with Crippen LogP contribution in [0.5, 0.6) is 0 Å². The normalized spacial score (nSPS) is 20.0. The largest absolute Gasteiger partial charge is 0.394 e. The highest BCUT2D eigenvalue weighted by molar-refractivity contribution is 5.76. The summed E-state index contributed by atoms with van der Waals surface area (Å²) in [4.78, 5) is 13.0. The molecular formula is C66H107NO8. The van der Waals surface area contributed by atoms with Gasteiger partial charge in [-0.05, 0) is 109 Å². The van der Waals surface area contributed by atoms with Crippen molar-refractivity contribution in [3.8, 4) is 0 Å². The van der Waals surface area contributed by atoms with Crippen molar-refractivity contribution in [1.82, 2.24) is 5.32 Å². The van der Waals surface area contributed by atoms with E-state index in [9.17, 15) is 30.3 Å². The van der Waals surface area contributed by atoms with Gasteiger partial charge in [0.25, 0.3) is 0 Å². The Hall–Kier alpha value is -3.93. The molecule has 1 aliphatic heterocycles. The van der Waals surface area contributed by atoms with Crippen LogP contribution in [0.15, 0.2) is 146 Å². The SMILES string of the molecule is CC/C=C\C/C=C\C/C=C\C/C=C\C/C=C\C/C=C\C/C=C\C/C=C\C/C=C\C/C=C\CCCCC(=O)NC(COC1OC(CO)C(O)C(O)C1O)C(O)/C=C/CC/C=C/CCCCCCCCCCCCCCC. The van der Waals surface area contributed by atoms with Gasteiger partial charge in [0, 0.05) is 6.42 Å². The number of allylic oxidation sites excluding steroid dienone is 23. The molecule has 1 rings (SSSR count). The fourth-order valence-electron chi connectivity index (χ4n) is 8.26. The minimum absolute atomic E-state index is 0.228. The molecule has 424 valence electrons. The molecule has 1 fully saturated rings. The van der Waals surface area contributed by atoms with E-state index in [1.807, 2.05) is 6.08 Å². The van der Waals surface area contributed by atoms with Crippen molar-refractivity contribution >= 4 is 5.91 Å². The second-order valence-corrected chi connectivity index (χ2v) is 19.7. The van der Waals surface area contributed by atoms with Crippen LogP contribution in [-0.4, -0.2) is 87.5 Å². The Bertz CT molecular complexity index is 1680. The highest BCUT2D eigenvalue weighted by Gasteiger charge is 2.44. The highest BCUT2D eigenvalue weighted by Crippen LogP contribution is 2.22. The molecule has 0 aromatic heterocycles. The summed E-state index contributed by atoms with van der Waals surface area (Å²) in [5.74, 6) is -0.235. The van der Waals surface area contributed by atoms with E-state index in [1.54, 1.807) is 6.08 Å². The van der Waals surface area contributed by atoms with E-state index in [0.717, 1.165) is 96.3 Å². The van der Waals surface area contributed by atoms with Crippen LogP contribution in [0.4, 0.5) is 0 Å². The van der Waals surface area contributed by atoms with E-state index in [4.69, 9.17) is 9.47 Å². The Morgan fingerprint density at radius 2 is 0.840 bits per heavy atom. The summed E-state index contributed by atoms with van der Waals surface area (Å²) in [6.45, 7) is 3.61. The summed E-state index contributed by atoms with van der Waals surface area (Å²) in [6, 6.07) is -0.857. The van der Waals surface area contributed by atoms with Crippen molar-refractivity contribution in [2.24, 2.45) is 0 Å². The zero-order chi connectivity index (χ0) is 54.3. The van der Waals surface area contributed by atoms with Gasteiger partial charge in [-0.2, -0.15) is 0 Å². The van der Waals surface area contributed by atoms with Crippen molar-refractivity contribution in [2.75, 3.05) is 13.2 Å². The van der Waals surface area contributed by atoms with Crippen molar-refractivity contribution in [3.63, 3.8) is 0 Å². The van der Waals surface area contributed by atoms with Gasteiger partial charge in [0.2, 0.25) is 5.91 Å². The van der Waals surface area contributed by atoms with Crippen LogP contribution in [0.25, 0.3) is 0 Å². The minimum Gasteiger partial charge on any atom is -0.394 e. The third-order valence-corrected chi connectivity index (χ3v) is 12.9. The van der Waals surface area contributed by atoms with Crippen molar-refractivity contribution in [1.29, 1.82) is 0 Å². The van der Waals surface area contributed by atoms with Crippen LogP contribution in [0.2, 0.25) is 0 Å².